The van der Waals surface area contributed by atoms with Crippen LogP contribution in [0.2, 0.25) is 0 Å². The zero-order chi connectivity index (χ0) is 12.9. The Balaban J connectivity index is 4.68. The molecule has 6 heteroatoms. The molecule has 0 aliphatic heterocycles. The SMILES string of the molecule is CCC(I)=C(NC(=O)OC(C)(C)C)C(=O)O. The molecule has 0 fully saturated rings. The van der Waals surface area contributed by atoms with Gasteiger partial charge in [-0.25, -0.2) is 9.59 Å². The molecule has 92 valence electrons. The summed E-state index contributed by atoms with van der Waals surface area (Å²) in [6, 6.07) is 0. The fourth-order valence-electron chi connectivity index (χ4n) is 0.820. The highest BCUT2D eigenvalue weighted by Gasteiger charge is 2.20. The molecule has 0 unspecified atom stereocenters. The monoisotopic (exact) mass is 341 g/mol. The highest BCUT2D eigenvalue weighted by Crippen LogP contribution is 2.16. The Kier molecular flexibility index (Phi) is 5.77. The number of aliphatic carboxylic acids is 1. The molecule has 0 radical (unpaired) electrons. The number of carbonyl (C=O) groups excluding carboxylic acids is 1. The summed E-state index contributed by atoms with van der Waals surface area (Å²) in [4.78, 5) is 22.2. The fourth-order valence-corrected chi connectivity index (χ4v) is 1.19. The van der Waals surface area contributed by atoms with Crippen molar-refractivity contribution in [3.8, 4) is 0 Å². The first kappa shape index (κ1) is 15.2. The topological polar surface area (TPSA) is 75.6 Å². The van der Waals surface area contributed by atoms with E-state index in [1.807, 2.05) is 29.5 Å². The van der Waals surface area contributed by atoms with Gasteiger partial charge in [-0.1, -0.05) is 6.92 Å². The zero-order valence-corrected chi connectivity index (χ0v) is 11.9. The predicted molar refractivity (Wildman–Crippen MR) is 68.3 cm³/mol. The van der Waals surface area contributed by atoms with Crippen molar-refractivity contribution in [2.24, 2.45) is 0 Å². The summed E-state index contributed by atoms with van der Waals surface area (Å²) in [5, 5.41) is 11.1. The summed E-state index contributed by atoms with van der Waals surface area (Å²) < 4.78 is 5.53. The highest BCUT2D eigenvalue weighted by molar-refractivity contribution is 14.1. The minimum atomic E-state index is -1.17. The fraction of sp³-hybridized carbons (Fsp3) is 0.600. The summed E-state index contributed by atoms with van der Waals surface area (Å²) in [6.07, 6.45) is -0.217. The molecule has 0 aromatic heterocycles. The van der Waals surface area contributed by atoms with E-state index in [1.54, 1.807) is 20.8 Å². The van der Waals surface area contributed by atoms with Gasteiger partial charge in [-0.15, -0.1) is 0 Å². The van der Waals surface area contributed by atoms with E-state index in [2.05, 4.69) is 5.32 Å². The molecule has 1 amide bonds. The number of nitrogens with one attached hydrogen (secondary N) is 1. The van der Waals surface area contributed by atoms with Crippen LogP contribution in [0.3, 0.4) is 0 Å². The molecular weight excluding hydrogens is 325 g/mol. The van der Waals surface area contributed by atoms with E-state index in [4.69, 9.17) is 9.84 Å². The van der Waals surface area contributed by atoms with Crippen molar-refractivity contribution in [2.75, 3.05) is 0 Å². The number of hydrogen-bond donors (Lipinski definition) is 2. The van der Waals surface area contributed by atoms with Gasteiger partial charge in [0, 0.05) is 3.58 Å². The van der Waals surface area contributed by atoms with Crippen LogP contribution < -0.4 is 5.32 Å². The first-order valence-corrected chi connectivity index (χ1v) is 5.87. The summed E-state index contributed by atoms with van der Waals surface area (Å²) >= 11 is 1.88. The number of amides is 1. The van der Waals surface area contributed by atoms with Crippen molar-refractivity contribution in [3.05, 3.63) is 9.28 Å². The molecule has 5 nitrogen and oxygen atoms in total. The third-order valence-electron chi connectivity index (χ3n) is 1.42. The maximum Gasteiger partial charge on any atom is 0.412 e. The van der Waals surface area contributed by atoms with Gasteiger partial charge in [0.05, 0.1) is 0 Å². The quantitative estimate of drug-likeness (QED) is 0.611. The number of carboxylic acid groups (broad SMARTS) is 1. The van der Waals surface area contributed by atoms with Gasteiger partial charge in [0.1, 0.15) is 11.3 Å². The van der Waals surface area contributed by atoms with Crippen molar-refractivity contribution in [1.82, 2.24) is 5.32 Å². The zero-order valence-electron chi connectivity index (χ0n) is 9.76. The average molecular weight is 341 g/mol. The number of carbonyl (C=O) groups is 2. The third-order valence-corrected chi connectivity index (χ3v) is 2.72. The molecule has 0 aliphatic carbocycles. The number of halogens is 1. The van der Waals surface area contributed by atoms with Crippen LogP contribution in [0.5, 0.6) is 0 Å². The average Bonchev–Trinajstić information content (AvgIpc) is 2.09. The van der Waals surface area contributed by atoms with Gasteiger partial charge in [-0.3, -0.25) is 5.32 Å². The van der Waals surface area contributed by atoms with Crippen LogP contribution in [0.15, 0.2) is 9.28 Å². The lowest BCUT2D eigenvalue weighted by atomic mass is 10.2. The van der Waals surface area contributed by atoms with Crippen LogP contribution in [0.1, 0.15) is 34.1 Å². The van der Waals surface area contributed by atoms with Crippen LogP contribution in [0.4, 0.5) is 4.79 Å². The van der Waals surface area contributed by atoms with E-state index in [1.165, 1.54) is 0 Å². The molecule has 0 spiro atoms. The number of ether oxygens (including phenoxy) is 1. The summed E-state index contributed by atoms with van der Waals surface area (Å²) in [6.45, 7) is 6.94. The smallest absolute Gasteiger partial charge is 0.412 e. The van der Waals surface area contributed by atoms with Crippen molar-refractivity contribution in [1.29, 1.82) is 0 Å². The Morgan fingerprint density at radius 2 is 1.88 bits per heavy atom. The minimum absolute atomic E-state index is 0.127. The lowest BCUT2D eigenvalue weighted by Gasteiger charge is -2.20. The first-order valence-electron chi connectivity index (χ1n) is 4.79. The lowest BCUT2D eigenvalue weighted by Crippen LogP contribution is -2.34. The molecule has 0 saturated carbocycles. The van der Waals surface area contributed by atoms with Gasteiger partial charge in [-0.05, 0) is 49.8 Å². The second kappa shape index (κ2) is 6.07. The third kappa shape index (κ3) is 5.94. The van der Waals surface area contributed by atoms with E-state index in [0.29, 0.717) is 10.0 Å². The van der Waals surface area contributed by atoms with Crippen molar-refractivity contribution < 1.29 is 19.4 Å². The largest absolute Gasteiger partial charge is 0.477 e. The predicted octanol–water partition coefficient (Wildman–Crippen LogP) is 2.65. The van der Waals surface area contributed by atoms with Crippen LogP contribution in [-0.4, -0.2) is 22.8 Å². The molecule has 2 N–H and O–H groups in total. The molecule has 0 atom stereocenters. The van der Waals surface area contributed by atoms with E-state index in [-0.39, 0.29) is 5.70 Å². The Morgan fingerprint density at radius 1 is 1.38 bits per heavy atom. The Bertz CT molecular complexity index is 317. The van der Waals surface area contributed by atoms with Crippen LogP contribution in [-0.2, 0) is 9.53 Å². The number of alkyl carbamates (subject to hydrolysis) is 1. The number of hydrogen-bond acceptors (Lipinski definition) is 3. The Labute approximate surface area is 108 Å². The van der Waals surface area contributed by atoms with Gasteiger partial charge in [0.15, 0.2) is 0 Å². The number of carboxylic acids is 1. The maximum absolute atomic E-state index is 11.4. The van der Waals surface area contributed by atoms with Gasteiger partial charge in [0.25, 0.3) is 0 Å². The summed E-state index contributed by atoms with van der Waals surface area (Å²) in [7, 11) is 0. The second-order valence-electron chi connectivity index (χ2n) is 4.07. The Morgan fingerprint density at radius 3 is 2.19 bits per heavy atom. The molecule has 0 saturated heterocycles. The normalized spacial score (nSPS) is 12.8. The minimum Gasteiger partial charge on any atom is -0.477 e. The second-order valence-corrected chi connectivity index (χ2v) is 5.37. The lowest BCUT2D eigenvalue weighted by molar-refractivity contribution is -0.133. The molecule has 16 heavy (non-hydrogen) atoms. The van der Waals surface area contributed by atoms with Gasteiger partial charge >= 0.3 is 12.1 Å². The van der Waals surface area contributed by atoms with Gasteiger partial charge in [-0.2, -0.15) is 0 Å². The van der Waals surface area contributed by atoms with Crippen molar-refractivity contribution in [2.45, 2.75) is 39.7 Å². The molecule has 0 rings (SSSR count). The molecule has 0 bridgehead atoms. The van der Waals surface area contributed by atoms with Crippen LogP contribution >= 0.6 is 22.6 Å². The molecule has 0 heterocycles. The Hall–Kier alpha value is -0.790. The first-order chi connectivity index (χ1) is 7.17. The van der Waals surface area contributed by atoms with Crippen LogP contribution in [0.25, 0.3) is 0 Å². The molecule has 0 aliphatic rings. The van der Waals surface area contributed by atoms with Crippen molar-refractivity contribution in [3.63, 3.8) is 0 Å². The highest BCUT2D eigenvalue weighted by atomic mass is 127. The molecule has 0 aromatic carbocycles. The molecular formula is C10H16INO4. The van der Waals surface area contributed by atoms with Gasteiger partial charge in [0.2, 0.25) is 0 Å². The van der Waals surface area contributed by atoms with Crippen molar-refractivity contribution >= 4 is 34.7 Å². The maximum atomic E-state index is 11.4. The van der Waals surface area contributed by atoms with E-state index in [9.17, 15) is 9.59 Å². The van der Waals surface area contributed by atoms with Crippen LogP contribution in [0, 0.1) is 0 Å². The van der Waals surface area contributed by atoms with E-state index >= 15 is 0 Å². The molecule has 0 aromatic rings. The summed E-state index contributed by atoms with van der Waals surface area (Å²) in [5.74, 6) is -1.17. The standard InChI is InChI=1S/C10H16INO4/c1-5-6(11)7(8(13)14)12-9(15)16-10(2,3)4/h5H2,1-4H3,(H,12,15)(H,13,14). The van der Waals surface area contributed by atoms with Gasteiger partial charge < -0.3 is 9.84 Å². The van der Waals surface area contributed by atoms with E-state index < -0.39 is 17.7 Å². The summed E-state index contributed by atoms with van der Waals surface area (Å²) in [5.41, 5.74) is -0.775. The number of rotatable bonds is 3. The number of allylic oxidation sites excluding steroid dienone is 1. The van der Waals surface area contributed by atoms with E-state index in [0.717, 1.165) is 0 Å².